The standard InChI is InChI=1S/C24H26NO3P/c1-28-24(26)22(17-19-11-5-2-6-12-19)23(25)18-29(27,20-13-7-3-8-14-20)21-15-9-4-10-16-21/h2-16,22-23H,17-18,25H2,1H3. The van der Waals surface area contributed by atoms with Gasteiger partial charge in [0.05, 0.1) is 13.0 Å². The van der Waals surface area contributed by atoms with Gasteiger partial charge in [0.25, 0.3) is 0 Å². The minimum absolute atomic E-state index is 0.188. The second-order valence-electron chi connectivity index (χ2n) is 7.08. The molecular weight excluding hydrogens is 381 g/mol. The van der Waals surface area contributed by atoms with Crippen LogP contribution < -0.4 is 16.3 Å². The van der Waals surface area contributed by atoms with Crippen molar-refractivity contribution in [3.8, 4) is 0 Å². The van der Waals surface area contributed by atoms with E-state index in [1.165, 1.54) is 7.11 Å². The normalized spacial score (nSPS) is 13.4. The molecule has 150 valence electrons. The number of ether oxygens (including phenoxy) is 1. The molecule has 0 spiro atoms. The number of hydrogen-bond donors (Lipinski definition) is 1. The Morgan fingerprint density at radius 1 is 0.862 bits per heavy atom. The van der Waals surface area contributed by atoms with E-state index in [1.807, 2.05) is 91.0 Å². The first kappa shape index (κ1) is 21.0. The summed E-state index contributed by atoms with van der Waals surface area (Å²) in [6.45, 7) is 0. The van der Waals surface area contributed by atoms with E-state index in [-0.39, 0.29) is 12.1 Å². The average Bonchev–Trinajstić information content (AvgIpc) is 2.78. The van der Waals surface area contributed by atoms with E-state index in [9.17, 15) is 9.36 Å². The van der Waals surface area contributed by atoms with Crippen LogP contribution in [0.4, 0.5) is 0 Å². The summed E-state index contributed by atoms with van der Waals surface area (Å²) in [5.41, 5.74) is 7.52. The molecule has 0 amide bonds. The lowest BCUT2D eigenvalue weighted by Crippen LogP contribution is -2.42. The SMILES string of the molecule is COC(=O)C(Cc1ccccc1)C(N)CP(=O)(c1ccccc1)c1ccccc1. The summed E-state index contributed by atoms with van der Waals surface area (Å²) in [5.74, 6) is -0.961. The fourth-order valence-corrected chi connectivity index (χ4v) is 6.43. The van der Waals surface area contributed by atoms with E-state index in [4.69, 9.17) is 10.5 Å². The molecule has 2 atom stereocenters. The lowest BCUT2D eigenvalue weighted by atomic mass is 9.93. The zero-order chi connectivity index (χ0) is 20.7. The first-order valence-electron chi connectivity index (χ1n) is 9.62. The van der Waals surface area contributed by atoms with Gasteiger partial charge in [0.2, 0.25) is 0 Å². The summed E-state index contributed by atoms with van der Waals surface area (Å²) >= 11 is 0. The smallest absolute Gasteiger partial charge is 0.310 e. The van der Waals surface area contributed by atoms with E-state index < -0.39 is 19.1 Å². The van der Waals surface area contributed by atoms with Crippen molar-refractivity contribution in [2.75, 3.05) is 13.3 Å². The fraction of sp³-hybridized carbons (Fsp3) is 0.208. The Labute approximate surface area is 172 Å². The monoisotopic (exact) mass is 407 g/mol. The van der Waals surface area contributed by atoms with Crippen molar-refractivity contribution >= 4 is 23.7 Å². The average molecular weight is 407 g/mol. The van der Waals surface area contributed by atoms with E-state index in [1.54, 1.807) is 0 Å². The van der Waals surface area contributed by atoms with Crippen molar-refractivity contribution in [1.29, 1.82) is 0 Å². The van der Waals surface area contributed by atoms with Gasteiger partial charge < -0.3 is 15.0 Å². The van der Waals surface area contributed by atoms with Gasteiger partial charge >= 0.3 is 5.97 Å². The third-order valence-corrected chi connectivity index (χ3v) is 8.33. The van der Waals surface area contributed by atoms with E-state index in [0.717, 1.165) is 16.2 Å². The Balaban J connectivity index is 1.95. The number of hydrogen-bond acceptors (Lipinski definition) is 4. The second kappa shape index (κ2) is 9.69. The van der Waals surface area contributed by atoms with Crippen molar-refractivity contribution in [3.05, 3.63) is 96.6 Å². The van der Waals surface area contributed by atoms with Crippen LogP contribution in [0.15, 0.2) is 91.0 Å². The fourth-order valence-electron chi connectivity index (χ4n) is 3.55. The molecule has 0 bridgehead atoms. The quantitative estimate of drug-likeness (QED) is 0.459. The number of carbonyl (C=O) groups excluding carboxylic acids is 1. The van der Waals surface area contributed by atoms with Gasteiger partial charge in [-0.05, 0) is 12.0 Å². The van der Waals surface area contributed by atoms with Crippen molar-refractivity contribution in [1.82, 2.24) is 0 Å². The molecule has 0 aromatic heterocycles. The molecule has 4 nitrogen and oxygen atoms in total. The van der Waals surface area contributed by atoms with Gasteiger partial charge in [-0.1, -0.05) is 91.0 Å². The summed E-state index contributed by atoms with van der Waals surface area (Å²) in [4.78, 5) is 12.5. The number of rotatable bonds is 8. The molecular formula is C24H26NO3P. The Bertz CT molecular complexity index is 918. The Hall–Kier alpha value is -2.68. The van der Waals surface area contributed by atoms with Gasteiger partial charge in [0, 0.05) is 22.8 Å². The highest BCUT2D eigenvalue weighted by Crippen LogP contribution is 2.44. The molecule has 29 heavy (non-hydrogen) atoms. The third-order valence-electron chi connectivity index (χ3n) is 5.13. The minimum atomic E-state index is -3.02. The molecule has 0 aliphatic rings. The van der Waals surface area contributed by atoms with Gasteiger partial charge in [-0.15, -0.1) is 0 Å². The maximum atomic E-state index is 14.3. The van der Waals surface area contributed by atoms with E-state index in [2.05, 4.69) is 0 Å². The Morgan fingerprint density at radius 3 is 1.76 bits per heavy atom. The molecule has 0 aliphatic carbocycles. The van der Waals surface area contributed by atoms with Crippen LogP contribution in [-0.2, 0) is 20.5 Å². The van der Waals surface area contributed by atoms with Crippen LogP contribution in [0, 0.1) is 5.92 Å². The largest absolute Gasteiger partial charge is 0.469 e. The molecule has 0 saturated heterocycles. The van der Waals surface area contributed by atoms with Gasteiger partial charge in [0.15, 0.2) is 0 Å². The number of esters is 1. The lowest BCUT2D eigenvalue weighted by Gasteiger charge is -2.27. The molecule has 0 heterocycles. The summed E-state index contributed by atoms with van der Waals surface area (Å²) in [6, 6.07) is 27.8. The zero-order valence-electron chi connectivity index (χ0n) is 16.5. The molecule has 3 rings (SSSR count). The molecule has 0 saturated carbocycles. The summed E-state index contributed by atoms with van der Waals surface area (Å²) in [6.07, 6.45) is 0.631. The molecule has 2 unspecified atom stereocenters. The molecule has 3 aromatic rings. The lowest BCUT2D eigenvalue weighted by molar-refractivity contribution is -0.145. The summed E-state index contributed by atoms with van der Waals surface area (Å²) < 4.78 is 19.3. The maximum absolute atomic E-state index is 14.3. The first-order chi connectivity index (χ1) is 14.0. The molecule has 5 heteroatoms. The highest BCUT2D eigenvalue weighted by atomic mass is 31.2. The topological polar surface area (TPSA) is 69.4 Å². The molecule has 0 fully saturated rings. The molecule has 3 aromatic carbocycles. The summed E-state index contributed by atoms with van der Waals surface area (Å²) in [5, 5.41) is 1.48. The van der Waals surface area contributed by atoms with Crippen LogP contribution in [0.5, 0.6) is 0 Å². The Kier molecular flexibility index (Phi) is 7.03. The van der Waals surface area contributed by atoms with Crippen molar-refractivity contribution in [2.45, 2.75) is 12.5 Å². The maximum Gasteiger partial charge on any atom is 0.310 e. The number of methoxy groups -OCH3 is 1. The number of benzene rings is 3. The highest BCUT2D eigenvalue weighted by Gasteiger charge is 2.35. The van der Waals surface area contributed by atoms with Gasteiger partial charge in [-0.3, -0.25) is 4.79 Å². The number of nitrogens with two attached hydrogens (primary N) is 1. The van der Waals surface area contributed by atoms with Crippen LogP contribution in [0.1, 0.15) is 5.56 Å². The van der Waals surface area contributed by atoms with Gasteiger partial charge in [-0.25, -0.2) is 0 Å². The Morgan fingerprint density at radius 2 is 1.31 bits per heavy atom. The van der Waals surface area contributed by atoms with Crippen LogP contribution in [0.25, 0.3) is 0 Å². The first-order valence-corrected chi connectivity index (χ1v) is 11.5. The molecule has 2 N–H and O–H groups in total. The molecule has 0 radical (unpaired) electrons. The van der Waals surface area contributed by atoms with Gasteiger partial charge in [0.1, 0.15) is 7.14 Å². The van der Waals surface area contributed by atoms with Crippen LogP contribution in [0.2, 0.25) is 0 Å². The predicted molar refractivity (Wildman–Crippen MR) is 118 cm³/mol. The van der Waals surface area contributed by atoms with Gasteiger partial charge in [-0.2, -0.15) is 0 Å². The van der Waals surface area contributed by atoms with Crippen molar-refractivity contribution < 1.29 is 14.1 Å². The van der Waals surface area contributed by atoms with Crippen LogP contribution in [-0.4, -0.2) is 25.3 Å². The van der Waals surface area contributed by atoms with E-state index >= 15 is 0 Å². The predicted octanol–water partition coefficient (Wildman–Crippen LogP) is 3.36. The minimum Gasteiger partial charge on any atom is -0.469 e. The zero-order valence-corrected chi connectivity index (χ0v) is 17.4. The number of carbonyl (C=O) groups is 1. The summed E-state index contributed by atoms with van der Waals surface area (Å²) in [7, 11) is -1.66. The van der Waals surface area contributed by atoms with Crippen LogP contribution >= 0.6 is 7.14 Å². The van der Waals surface area contributed by atoms with E-state index in [0.29, 0.717) is 6.42 Å². The van der Waals surface area contributed by atoms with Crippen LogP contribution in [0.3, 0.4) is 0 Å². The second-order valence-corrected chi connectivity index (χ2v) is 9.95. The third kappa shape index (κ3) is 5.03. The molecule has 0 aliphatic heterocycles. The van der Waals surface area contributed by atoms with Crippen molar-refractivity contribution in [3.63, 3.8) is 0 Å². The van der Waals surface area contributed by atoms with Crippen molar-refractivity contribution in [2.24, 2.45) is 11.7 Å². The highest BCUT2D eigenvalue weighted by molar-refractivity contribution is 7.78.